The van der Waals surface area contributed by atoms with Crippen LogP contribution in [0.15, 0.2) is 66.7 Å². The van der Waals surface area contributed by atoms with E-state index in [2.05, 4.69) is 4.74 Å². The Kier molecular flexibility index (Phi) is 6.68. The maximum atomic E-state index is 15.1. The lowest BCUT2D eigenvalue weighted by Crippen LogP contribution is -2.44. The first-order valence-corrected chi connectivity index (χ1v) is 11.0. The van der Waals surface area contributed by atoms with Gasteiger partial charge in [0.1, 0.15) is 11.6 Å². The lowest BCUT2D eigenvalue weighted by Gasteiger charge is -2.33. The molecule has 0 saturated carbocycles. The van der Waals surface area contributed by atoms with Crippen molar-refractivity contribution in [2.45, 2.75) is 37.4 Å². The number of aliphatic hydroxyl groups is 1. The van der Waals surface area contributed by atoms with Gasteiger partial charge in [0.2, 0.25) is 0 Å². The standard InChI is InChI=1S/C26H22F7NO2/c1-16-5-2-7-18(11-16)24(13-17-6-3-8-19(12-17)36-26(31,32)33)15-34(14-22(35)25(28,29)30)23-20(24)9-4-10-21(23)27/h2-12,22,35H,13-15H2,1H3/t22-,24?/m1/s1. The Morgan fingerprint density at radius 2 is 1.67 bits per heavy atom. The first-order chi connectivity index (χ1) is 16.8. The SMILES string of the molecule is Cc1cccc(C2(Cc3cccc(OC(F)(F)F)c3)CN(C[C@@H](O)C(F)(F)F)c3c(F)cccc32)c1. The molecule has 1 unspecified atom stereocenters. The van der Waals surface area contributed by atoms with Crippen molar-refractivity contribution in [1.82, 2.24) is 0 Å². The van der Waals surface area contributed by atoms with Crippen LogP contribution in [0.2, 0.25) is 0 Å². The second-order valence-electron chi connectivity index (χ2n) is 8.90. The third-order valence-electron chi connectivity index (χ3n) is 6.26. The number of halogens is 7. The van der Waals surface area contributed by atoms with E-state index < -0.39 is 42.2 Å². The number of ether oxygens (including phenoxy) is 1. The number of anilines is 1. The average molecular weight is 513 g/mol. The highest BCUT2D eigenvalue weighted by Gasteiger charge is 2.48. The fourth-order valence-corrected chi connectivity index (χ4v) is 4.82. The molecule has 3 nitrogen and oxygen atoms in total. The van der Waals surface area contributed by atoms with E-state index in [1.807, 2.05) is 19.1 Å². The highest BCUT2D eigenvalue weighted by molar-refractivity contribution is 5.68. The van der Waals surface area contributed by atoms with E-state index in [9.17, 15) is 31.4 Å². The van der Waals surface area contributed by atoms with Gasteiger partial charge in [0.25, 0.3) is 0 Å². The first kappa shape index (κ1) is 25.8. The number of aliphatic hydroxyl groups excluding tert-OH is 1. The second kappa shape index (κ2) is 9.31. The number of para-hydroxylation sites is 1. The summed E-state index contributed by atoms with van der Waals surface area (Å²) in [5, 5.41) is 9.77. The molecule has 0 radical (unpaired) electrons. The van der Waals surface area contributed by atoms with Crippen LogP contribution in [0.3, 0.4) is 0 Å². The Morgan fingerprint density at radius 3 is 2.33 bits per heavy atom. The van der Waals surface area contributed by atoms with Gasteiger partial charge < -0.3 is 14.7 Å². The molecule has 0 saturated heterocycles. The van der Waals surface area contributed by atoms with Crippen molar-refractivity contribution in [3.05, 3.63) is 94.8 Å². The molecular weight excluding hydrogens is 491 g/mol. The fourth-order valence-electron chi connectivity index (χ4n) is 4.82. The molecule has 0 bridgehead atoms. The summed E-state index contributed by atoms with van der Waals surface area (Å²) in [5.41, 5.74) is 1.08. The number of fused-ring (bicyclic) bond motifs is 1. The summed E-state index contributed by atoms with van der Waals surface area (Å²) in [6.45, 7) is 0.786. The van der Waals surface area contributed by atoms with Crippen LogP contribution in [-0.2, 0) is 11.8 Å². The monoisotopic (exact) mass is 513 g/mol. The summed E-state index contributed by atoms with van der Waals surface area (Å²) < 4.78 is 97.1. The van der Waals surface area contributed by atoms with Gasteiger partial charge in [0.05, 0.1) is 12.2 Å². The van der Waals surface area contributed by atoms with Crippen LogP contribution >= 0.6 is 0 Å². The van der Waals surface area contributed by atoms with E-state index in [4.69, 9.17) is 0 Å². The molecule has 0 fully saturated rings. The van der Waals surface area contributed by atoms with Gasteiger partial charge >= 0.3 is 12.5 Å². The summed E-state index contributed by atoms with van der Waals surface area (Å²) in [6.07, 6.45) is -12.5. The van der Waals surface area contributed by atoms with Crippen LogP contribution in [0.4, 0.5) is 36.4 Å². The summed E-state index contributed by atoms with van der Waals surface area (Å²) in [7, 11) is 0. The molecule has 1 aliphatic rings. The van der Waals surface area contributed by atoms with Crippen molar-refractivity contribution in [2.24, 2.45) is 0 Å². The zero-order chi connectivity index (χ0) is 26.3. The van der Waals surface area contributed by atoms with Crippen molar-refractivity contribution in [2.75, 3.05) is 18.0 Å². The third-order valence-corrected chi connectivity index (χ3v) is 6.26. The summed E-state index contributed by atoms with van der Waals surface area (Å²) in [6, 6.07) is 16.6. The molecule has 10 heteroatoms. The highest BCUT2D eigenvalue weighted by atomic mass is 19.4. The fraction of sp³-hybridized carbons (Fsp3) is 0.308. The number of β-amino-alcohol motifs (C(OH)–C–C–N with tert-alkyl or cyclic N) is 1. The van der Waals surface area contributed by atoms with Gasteiger partial charge in [-0.1, -0.05) is 54.1 Å². The Morgan fingerprint density at radius 1 is 0.972 bits per heavy atom. The highest BCUT2D eigenvalue weighted by Crippen LogP contribution is 2.49. The maximum Gasteiger partial charge on any atom is 0.573 e. The van der Waals surface area contributed by atoms with E-state index in [1.165, 1.54) is 18.2 Å². The molecule has 0 spiro atoms. The van der Waals surface area contributed by atoms with Crippen molar-refractivity contribution in [3.8, 4) is 5.75 Å². The van der Waals surface area contributed by atoms with Crippen molar-refractivity contribution >= 4 is 5.69 Å². The zero-order valence-electron chi connectivity index (χ0n) is 19.0. The normalized spacial score (nSPS) is 18.8. The molecule has 0 aromatic heterocycles. The van der Waals surface area contributed by atoms with Gasteiger partial charge in [-0.25, -0.2) is 4.39 Å². The van der Waals surface area contributed by atoms with Gasteiger partial charge in [0.15, 0.2) is 6.10 Å². The van der Waals surface area contributed by atoms with Crippen LogP contribution < -0.4 is 9.64 Å². The number of nitrogens with zero attached hydrogens (tertiary/aromatic N) is 1. The molecule has 0 amide bonds. The molecule has 2 atom stereocenters. The minimum absolute atomic E-state index is 0.0422. The van der Waals surface area contributed by atoms with Crippen LogP contribution in [0.5, 0.6) is 5.75 Å². The molecule has 0 aliphatic carbocycles. The first-order valence-electron chi connectivity index (χ1n) is 11.0. The van der Waals surface area contributed by atoms with Gasteiger partial charge in [0, 0.05) is 12.0 Å². The van der Waals surface area contributed by atoms with E-state index in [1.54, 1.807) is 24.3 Å². The quantitative estimate of drug-likeness (QED) is 0.393. The minimum atomic E-state index is -4.91. The molecule has 4 rings (SSSR count). The zero-order valence-corrected chi connectivity index (χ0v) is 19.0. The largest absolute Gasteiger partial charge is 0.573 e. The summed E-state index contributed by atoms with van der Waals surface area (Å²) in [5.74, 6) is -1.20. The molecule has 1 aliphatic heterocycles. The predicted molar refractivity (Wildman–Crippen MR) is 119 cm³/mol. The molecule has 1 heterocycles. The van der Waals surface area contributed by atoms with Crippen molar-refractivity contribution < 1.29 is 40.6 Å². The number of hydrogen-bond acceptors (Lipinski definition) is 3. The van der Waals surface area contributed by atoms with Crippen LogP contribution in [0.1, 0.15) is 22.3 Å². The lowest BCUT2D eigenvalue weighted by atomic mass is 9.71. The second-order valence-corrected chi connectivity index (χ2v) is 8.90. The van der Waals surface area contributed by atoms with Crippen LogP contribution in [0, 0.1) is 12.7 Å². The van der Waals surface area contributed by atoms with Gasteiger partial charge in [-0.3, -0.25) is 0 Å². The molecule has 1 N–H and O–H groups in total. The van der Waals surface area contributed by atoms with Gasteiger partial charge in [-0.15, -0.1) is 13.2 Å². The molecular formula is C26H22F7NO2. The molecule has 3 aromatic carbocycles. The van der Waals surface area contributed by atoms with E-state index in [-0.39, 0.29) is 18.7 Å². The maximum absolute atomic E-state index is 15.1. The number of aryl methyl sites for hydroxylation is 1. The van der Waals surface area contributed by atoms with E-state index in [0.717, 1.165) is 22.6 Å². The lowest BCUT2D eigenvalue weighted by molar-refractivity contribution is -0.274. The Hall–Kier alpha value is -3.27. The Labute approximate surface area is 202 Å². The van der Waals surface area contributed by atoms with E-state index >= 15 is 4.39 Å². The third kappa shape index (κ3) is 5.28. The van der Waals surface area contributed by atoms with Gasteiger partial charge in [-0.05, 0) is 48.2 Å². The minimum Gasteiger partial charge on any atom is -0.406 e. The Bertz CT molecular complexity index is 1240. The van der Waals surface area contributed by atoms with Gasteiger partial charge in [-0.2, -0.15) is 13.2 Å². The van der Waals surface area contributed by atoms with Crippen LogP contribution in [-0.4, -0.2) is 36.8 Å². The summed E-state index contributed by atoms with van der Waals surface area (Å²) >= 11 is 0. The smallest absolute Gasteiger partial charge is 0.406 e. The van der Waals surface area contributed by atoms with Crippen molar-refractivity contribution in [3.63, 3.8) is 0 Å². The number of alkyl halides is 6. The Balaban J connectivity index is 1.85. The summed E-state index contributed by atoms with van der Waals surface area (Å²) in [4.78, 5) is 1.15. The molecule has 3 aromatic rings. The molecule has 36 heavy (non-hydrogen) atoms. The van der Waals surface area contributed by atoms with Crippen LogP contribution in [0.25, 0.3) is 0 Å². The van der Waals surface area contributed by atoms with Crippen molar-refractivity contribution in [1.29, 1.82) is 0 Å². The topological polar surface area (TPSA) is 32.7 Å². The van der Waals surface area contributed by atoms with E-state index in [0.29, 0.717) is 16.7 Å². The number of benzene rings is 3. The average Bonchev–Trinajstić information content (AvgIpc) is 3.07. The number of rotatable bonds is 6. The predicted octanol–water partition coefficient (Wildman–Crippen LogP) is 6.30. The molecule has 192 valence electrons. The number of hydrogen-bond donors (Lipinski definition) is 1.